The maximum Gasteiger partial charge on any atom is 0.237 e. The van der Waals surface area contributed by atoms with Gasteiger partial charge in [-0.05, 0) is 63.4 Å². The number of hydrogen-bond acceptors (Lipinski definition) is 3. The monoisotopic (exact) mass is 403 g/mol. The predicted molar refractivity (Wildman–Crippen MR) is 112 cm³/mol. The number of nitrogens with zero attached hydrogens (tertiary/aromatic N) is 3. The molecule has 0 N–H and O–H groups in total. The molecule has 0 atom stereocenters. The lowest BCUT2D eigenvalue weighted by molar-refractivity contribution is -0.137. The molecule has 2 aliphatic heterocycles. The maximum atomic E-state index is 13.4. The Hall–Kier alpha value is -1.95. The van der Waals surface area contributed by atoms with Crippen LogP contribution in [-0.4, -0.2) is 65.8 Å². The van der Waals surface area contributed by atoms with Crippen molar-refractivity contribution in [3.63, 3.8) is 0 Å². The summed E-state index contributed by atoms with van der Waals surface area (Å²) in [7, 11) is 0. The van der Waals surface area contributed by atoms with Crippen molar-refractivity contribution in [1.29, 1.82) is 0 Å². The third-order valence-electron chi connectivity index (χ3n) is 6.21. The van der Waals surface area contributed by atoms with Gasteiger partial charge in [-0.1, -0.05) is 25.0 Å². The van der Waals surface area contributed by atoms with Gasteiger partial charge in [0.25, 0.3) is 0 Å². The normalized spacial score (nSPS) is 19.0. The van der Waals surface area contributed by atoms with E-state index in [1.165, 1.54) is 25.0 Å². The van der Waals surface area contributed by atoms with Crippen molar-refractivity contribution >= 4 is 11.8 Å². The predicted octanol–water partition coefficient (Wildman–Crippen LogP) is 3.29. The molecule has 2 aliphatic rings. The summed E-state index contributed by atoms with van der Waals surface area (Å²) in [6.07, 6.45) is 6.37. The third kappa shape index (κ3) is 6.26. The maximum absolute atomic E-state index is 13.4. The molecule has 0 bridgehead atoms. The highest BCUT2D eigenvalue weighted by Gasteiger charge is 2.30. The molecule has 6 heteroatoms. The number of likely N-dealkylation sites (N-methyl/N-ethyl adjacent to an activating group) is 1. The van der Waals surface area contributed by atoms with Crippen LogP contribution in [0.3, 0.4) is 0 Å². The number of likely N-dealkylation sites (tertiary alicyclic amines) is 2. The lowest BCUT2D eigenvalue weighted by Gasteiger charge is -2.34. The van der Waals surface area contributed by atoms with Gasteiger partial charge in [0.1, 0.15) is 5.82 Å². The fourth-order valence-electron chi connectivity index (χ4n) is 4.41. The molecule has 2 saturated heterocycles. The van der Waals surface area contributed by atoms with Crippen molar-refractivity contribution < 1.29 is 14.0 Å². The zero-order chi connectivity index (χ0) is 20.6. The van der Waals surface area contributed by atoms with Crippen molar-refractivity contribution in [2.45, 2.75) is 52.0 Å². The van der Waals surface area contributed by atoms with Gasteiger partial charge in [0.2, 0.25) is 11.8 Å². The first-order chi connectivity index (χ1) is 14.1. The number of halogens is 1. The number of rotatable bonds is 6. The summed E-state index contributed by atoms with van der Waals surface area (Å²) in [5.74, 6) is 0.212. The molecular formula is C23H34FN3O2. The standard InChI is InChI=1S/C23H34FN3O2/c1-2-26(17-19-8-7-9-21(24)16-19)22(28)18-25-14-10-20(11-15-25)23(29)27-12-5-3-4-6-13-27/h7-9,16,20H,2-6,10-15,17-18H2,1H3. The van der Waals surface area contributed by atoms with Crippen LogP contribution in [0.15, 0.2) is 24.3 Å². The Morgan fingerprint density at radius 1 is 1.07 bits per heavy atom. The number of amides is 2. The van der Waals surface area contributed by atoms with Crippen molar-refractivity contribution in [3.8, 4) is 0 Å². The van der Waals surface area contributed by atoms with E-state index in [-0.39, 0.29) is 17.6 Å². The average molecular weight is 404 g/mol. The van der Waals surface area contributed by atoms with E-state index in [1.54, 1.807) is 11.0 Å². The first kappa shape index (κ1) is 21.8. The van der Waals surface area contributed by atoms with Crippen LogP contribution in [0.2, 0.25) is 0 Å². The fraction of sp³-hybridized carbons (Fsp3) is 0.652. The van der Waals surface area contributed by atoms with Gasteiger partial charge >= 0.3 is 0 Å². The minimum Gasteiger partial charge on any atom is -0.342 e. The van der Waals surface area contributed by atoms with Gasteiger partial charge in [0.05, 0.1) is 6.54 Å². The summed E-state index contributed by atoms with van der Waals surface area (Å²) in [6, 6.07) is 6.42. The van der Waals surface area contributed by atoms with Crippen LogP contribution in [0.1, 0.15) is 51.0 Å². The molecule has 2 fully saturated rings. The molecule has 160 valence electrons. The van der Waals surface area contributed by atoms with Crippen LogP contribution in [0, 0.1) is 11.7 Å². The molecule has 5 nitrogen and oxygen atoms in total. The second kappa shape index (κ2) is 10.7. The lowest BCUT2D eigenvalue weighted by Crippen LogP contribution is -2.46. The molecule has 1 aromatic carbocycles. The Morgan fingerprint density at radius 2 is 1.76 bits per heavy atom. The smallest absolute Gasteiger partial charge is 0.237 e. The van der Waals surface area contributed by atoms with E-state index in [0.717, 1.165) is 57.4 Å². The molecule has 0 spiro atoms. The highest BCUT2D eigenvalue weighted by molar-refractivity contribution is 5.79. The van der Waals surface area contributed by atoms with Gasteiger partial charge in [-0.3, -0.25) is 14.5 Å². The van der Waals surface area contributed by atoms with Gasteiger partial charge in [-0.25, -0.2) is 4.39 Å². The van der Waals surface area contributed by atoms with Crippen LogP contribution in [0.4, 0.5) is 4.39 Å². The topological polar surface area (TPSA) is 43.9 Å². The number of piperidine rings is 1. The molecule has 0 saturated carbocycles. The minimum absolute atomic E-state index is 0.0639. The van der Waals surface area contributed by atoms with E-state index < -0.39 is 0 Å². The van der Waals surface area contributed by atoms with Gasteiger partial charge in [0.15, 0.2) is 0 Å². The zero-order valence-corrected chi connectivity index (χ0v) is 17.6. The first-order valence-corrected chi connectivity index (χ1v) is 11.1. The minimum atomic E-state index is -0.276. The van der Waals surface area contributed by atoms with Crippen LogP contribution in [-0.2, 0) is 16.1 Å². The highest BCUT2D eigenvalue weighted by Crippen LogP contribution is 2.22. The van der Waals surface area contributed by atoms with Crippen molar-refractivity contribution in [1.82, 2.24) is 14.7 Å². The molecule has 0 radical (unpaired) electrons. The molecule has 0 aliphatic carbocycles. The second-order valence-electron chi connectivity index (χ2n) is 8.33. The van der Waals surface area contributed by atoms with Crippen molar-refractivity contribution in [2.75, 3.05) is 39.3 Å². The largest absolute Gasteiger partial charge is 0.342 e. The van der Waals surface area contributed by atoms with Crippen LogP contribution in [0.5, 0.6) is 0 Å². The van der Waals surface area contributed by atoms with Crippen molar-refractivity contribution in [2.24, 2.45) is 5.92 Å². The van der Waals surface area contributed by atoms with Crippen LogP contribution in [0.25, 0.3) is 0 Å². The Morgan fingerprint density at radius 3 is 2.38 bits per heavy atom. The summed E-state index contributed by atoms with van der Waals surface area (Å²) in [5.41, 5.74) is 0.807. The zero-order valence-electron chi connectivity index (χ0n) is 17.6. The molecular weight excluding hydrogens is 369 g/mol. The second-order valence-corrected chi connectivity index (χ2v) is 8.33. The molecule has 2 heterocycles. The molecule has 0 aromatic heterocycles. The Labute approximate surface area is 173 Å². The summed E-state index contributed by atoms with van der Waals surface area (Å²) in [6.45, 7) is 6.72. The van der Waals surface area contributed by atoms with Gasteiger partial charge in [0, 0.05) is 32.1 Å². The quantitative estimate of drug-likeness (QED) is 0.732. The summed E-state index contributed by atoms with van der Waals surface area (Å²) >= 11 is 0. The number of carbonyl (C=O) groups excluding carboxylic acids is 2. The van der Waals surface area contributed by atoms with Gasteiger partial charge in [-0.2, -0.15) is 0 Å². The van der Waals surface area contributed by atoms with E-state index in [4.69, 9.17) is 0 Å². The highest BCUT2D eigenvalue weighted by atomic mass is 19.1. The van der Waals surface area contributed by atoms with E-state index in [1.807, 2.05) is 13.0 Å². The number of benzene rings is 1. The van der Waals surface area contributed by atoms with Crippen LogP contribution >= 0.6 is 0 Å². The van der Waals surface area contributed by atoms with E-state index in [0.29, 0.717) is 25.5 Å². The first-order valence-electron chi connectivity index (χ1n) is 11.1. The van der Waals surface area contributed by atoms with Crippen LogP contribution < -0.4 is 0 Å². The molecule has 29 heavy (non-hydrogen) atoms. The van der Waals surface area contributed by atoms with Crippen molar-refractivity contribution in [3.05, 3.63) is 35.6 Å². The van der Waals surface area contributed by atoms with E-state index >= 15 is 0 Å². The van der Waals surface area contributed by atoms with Gasteiger partial charge in [-0.15, -0.1) is 0 Å². The SMILES string of the molecule is CCN(Cc1cccc(F)c1)C(=O)CN1CCC(C(=O)N2CCCCCC2)CC1. The molecule has 2 amide bonds. The number of carbonyl (C=O) groups is 2. The van der Waals surface area contributed by atoms with Gasteiger partial charge < -0.3 is 9.80 Å². The Balaban J connectivity index is 1.46. The number of hydrogen-bond donors (Lipinski definition) is 0. The molecule has 3 rings (SSSR count). The Bertz CT molecular complexity index is 680. The lowest BCUT2D eigenvalue weighted by atomic mass is 9.95. The summed E-state index contributed by atoms with van der Waals surface area (Å²) < 4.78 is 13.4. The Kier molecular flexibility index (Phi) is 8.04. The molecule has 0 unspecified atom stereocenters. The summed E-state index contributed by atoms with van der Waals surface area (Å²) in [5, 5.41) is 0. The molecule has 1 aromatic rings. The van der Waals surface area contributed by atoms with E-state index in [9.17, 15) is 14.0 Å². The van der Waals surface area contributed by atoms with E-state index in [2.05, 4.69) is 9.80 Å². The third-order valence-corrected chi connectivity index (χ3v) is 6.21. The fourth-order valence-corrected chi connectivity index (χ4v) is 4.41. The summed E-state index contributed by atoms with van der Waals surface area (Å²) in [4.78, 5) is 31.6. The average Bonchev–Trinajstić information content (AvgIpc) is 3.01.